The second kappa shape index (κ2) is 15.7. The molecule has 0 saturated heterocycles. The van der Waals surface area contributed by atoms with Gasteiger partial charge in [0.1, 0.15) is 0 Å². The molecule has 266 valence electrons. The molecular weight excluding hydrogens is 663 g/mol. The summed E-state index contributed by atoms with van der Waals surface area (Å²) in [5, 5.41) is 2.41. The zero-order valence-electron chi connectivity index (χ0n) is 32.0. The van der Waals surface area contributed by atoms with Gasteiger partial charge in [0, 0.05) is 16.8 Å². The van der Waals surface area contributed by atoms with Crippen LogP contribution in [0.25, 0.3) is 34.1 Å². The summed E-state index contributed by atoms with van der Waals surface area (Å²) in [5.41, 5.74) is 18.0. The average Bonchev–Trinajstić information content (AvgIpc) is 3.22. The fourth-order valence-corrected chi connectivity index (χ4v) is 7.50. The van der Waals surface area contributed by atoms with Crippen molar-refractivity contribution in [2.75, 3.05) is 4.90 Å². The molecule has 0 amide bonds. The fraction of sp³-hybridized carbons (Fsp3) is 0.0741. The summed E-state index contributed by atoms with van der Waals surface area (Å²) in [6, 6.07) is 68.2. The maximum Gasteiger partial charge on any atom is 0.0540 e. The second-order valence-corrected chi connectivity index (χ2v) is 14.5. The summed E-state index contributed by atoms with van der Waals surface area (Å²) >= 11 is 0. The lowest BCUT2D eigenvalue weighted by Gasteiger charge is -2.29. The molecule has 0 heterocycles. The normalized spacial score (nSPS) is 10.9. The van der Waals surface area contributed by atoms with Crippen molar-refractivity contribution in [2.45, 2.75) is 27.7 Å². The highest BCUT2D eigenvalue weighted by Gasteiger charge is 2.19. The molecule has 1 heteroatoms. The number of hydrogen-bond acceptors (Lipinski definition) is 1. The van der Waals surface area contributed by atoms with E-state index in [9.17, 15) is 0 Å². The SMILES string of the molecule is Cc1ccc(C(=Cc2ccc(N(c3ccc(C=C(c4ccccc4)c4ccccc4)cc3)c3ccc(C)cc3C)c3ccccc23)c2ccc(C)cc2)cc1. The molecule has 0 N–H and O–H groups in total. The van der Waals surface area contributed by atoms with E-state index < -0.39 is 0 Å². The Hall–Kier alpha value is -6.70. The Morgan fingerprint density at radius 1 is 0.382 bits per heavy atom. The van der Waals surface area contributed by atoms with Crippen LogP contribution in [0.4, 0.5) is 17.1 Å². The van der Waals surface area contributed by atoms with E-state index in [-0.39, 0.29) is 0 Å². The first-order valence-electron chi connectivity index (χ1n) is 19.1. The molecule has 1 nitrogen and oxygen atoms in total. The third kappa shape index (κ3) is 7.70. The molecular formula is C54H45N. The Kier molecular flexibility index (Phi) is 10.1. The van der Waals surface area contributed by atoms with Crippen LogP contribution in [0.5, 0.6) is 0 Å². The van der Waals surface area contributed by atoms with E-state index in [0.717, 1.165) is 22.6 Å². The highest BCUT2D eigenvalue weighted by molar-refractivity contribution is 6.06. The Morgan fingerprint density at radius 3 is 1.42 bits per heavy atom. The van der Waals surface area contributed by atoms with Gasteiger partial charge in [0.05, 0.1) is 5.69 Å². The van der Waals surface area contributed by atoms with E-state index in [1.54, 1.807) is 0 Å². The summed E-state index contributed by atoms with van der Waals surface area (Å²) in [7, 11) is 0. The highest BCUT2D eigenvalue weighted by atomic mass is 15.1. The van der Waals surface area contributed by atoms with Gasteiger partial charge in [0.25, 0.3) is 0 Å². The van der Waals surface area contributed by atoms with Gasteiger partial charge in [-0.3, -0.25) is 0 Å². The molecule has 8 rings (SSSR count). The van der Waals surface area contributed by atoms with E-state index >= 15 is 0 Å². The molecule has 0 radical (unpaired) electrons. The topological polar surface area (TPSA) is 3.24 Å². The lowest BCUT2D eigenvalue weighted by molar-refractivity contribution is 1.25. The highest BCUT2D eigenvalue weighted by Crippen LogP contribution is 2.42. The maximum absolute atomic E-state index is 2.42. The number of anilines is 3. The molecule has 0 aliphatic rings. The van der Waals surface area contributed by atoms with Crippen LogP contribution < -0.4 is 4.90 Å². The van der Waals surface area contributed by atoms with Crippen LogP contribution in [0.1, 0.15) is 55.6 Å². The maximum atomic E-state index is 2.42. The predicted octanol–water partition coefficient (Wildman–Crippen LogP) is 14.7. The molecule has 0 saturated carbocycles. The third-order valence-electron chi connectivity index (χ3n) is 10.4. The van der Waals surface area contributed by atoms with E-state index in [1.165, 1.54) is 72.0 Å². The molecule has 55 heavy (non-hydrogen) atoms. The Morgan fingerprint density at radius 2 is 0.855 bits per heavy atom. The number of benzene rings is 8. The molecule has 0 atom stereocenters. The zero-order valence-corrected chi connectivity index (χ0v) is 32.0. The van der Waals surface area contributed by atoms with Gasteiger partial charge in [-0.05, 0) is 120 Å². The van der Waals surface area contributed by atoms with Crippen molar-refractivity contribution in [1.82, 2.24) is 0 Å². The summed E-state index contributed by atoms with van der Waals surface area (Å²) in [5.74, 6) is 0. The largest absolute Gasteiger partial charge is 0.310 e. The van der Waals surface area contributed by atoms with Crippen LogP contribution in [0.3, 0.4) is 0 Å². The molecule has 0 aliphatic heterocycles. The Labute approximate surface area is 326 Å². The van der Waals surface area contributed by atoms with Crippen molar-refractivity contribution in [3.8, 4) is 0 Å². The molecule has 0 fully saturated rings. The predicted molar refractivity (Wildman–Crippen MR) is 237 cm³/mol. The number of nitrogens with zero attached hydrogens (tertiary/aromatic N) is 1. The van der Waals surface area contributed by atoms with Gasteiger partial charge in [-0.15, -0.1) is 0 Å². The second-order valence-electron chi connectivity index (χ2n) is 14.5. The minimum absolute atomic E-state index is 1.11. The van der Waals surface area contributed by atoms with Crippen LogP contribution in [0, 0.1) is 27.7 Å². The first kappa shape index (κ1) is 35.3. The van der Waals surface area contributed by atoms with Gasteiger partial charge in [0.15, 0.2) is 0 Å². The Bertz CT molecular complexity index is 2540. The van der Waals surface area contributed by atoms with Crippen molar-refractivity contribution < 1.29 is 0 Å². The number of fused-ring (bicyclic) bond motifs is 1. The van der Waals surface area contributed by atoms with Gasteiger partial charge in [-0.1, -0.05) is 180 Å². The van der Waals surface area contributed by atoms with Gasteiger partial charge < -0.3 is 4.90 Å². The van der Waals surface area contributed by atoms with Crippen LogP contribution in [-0.4, -0.2) is 0 Å². The number of rotatable bonds is 9. The molecule has 8 aromatic rings. The van der Waals surface area contributed by atoms with Crippen LogP contribution in [0.15, 0.2) is 188 Å². The summed E-state index contributed by atoms with van der Waals surface area (Å²) in [6.45, 7) is 8.66. The van der Waals surface area contributed by atoms with Gasteiger partial charge in [0.2, 0.25) is 0 Å². The third-order valence-corrected chi connectivity index (χ3v) is 10.4. The summed E-state index contributed by atoms with van der Waals surface area (Å²) < 4.78 is 0. The zero-order chi connectivity index (χ0) is 37.7. The summed E-state index contributed by atoms with van der Waals surface area (Å²) in [4.78, 5) is 2.42. The lowest BCUT2D eigenvalue weighted by Crippen LogP contribution is -2.12. The first-order valence-corrected chi connectivity index (χ1v) is 19.1. The molecule has 8 aromatic carbocycles. The lowest BCUT2D eigenvalue weighted by atomic mass is 9.92. The first-order chi connectivity index (χ1) is 26.9. The van der Waals surface area contributed by atoms with E-state index in [4.69, 9.17) is 0 Å². The van der Waals surface area contributed by atoms with Crippen LogP contribution in [-0.2, 0) is 0 Å². The standard InChI is InChI=1S/C54H45N/c1-38-19-26-45(27-20-38)52(46-28-21-39(2)22-29-46)37-47-30-34-54(50-18-12-11-17-49(47)50)55(53-33-23-40(3)35-41(53)4)48-31-24-42(25-32-48)36-51(43-13-7-5-8-14-43)44-15-9-6-10-16-44/h5-37H,1-4H3. The molecule has 0 spiro atoms. The molecule has 0 bridgehead atoms. The minimum atomic E-state index is 1.11. The van der Waals surface area contributed by atoms with E-state index in [1.807, 2.05) is 0 Å². The van der Waals surface area contributed by atoms with Gasteiger partial charge >= 0.3 is 0 Å². The van der Waals surface area contributed by atoms with E-state index in [2.05, 4.69) is 233 Å². The van der Waals surface area contributed by atoms with Crippen molar-refractivity contribution in [2.24, 2.45) is 0 Å². The molecule has 0 aliphatic carbocycles. The minimum Gasteiger partial charge on any atom is -0.310 e. The van der Waals surface area contributed by atoms with Crippen LogP contribution in [0.2, 0.25) is 0 Å². The Balaban J connectivity index is 1.27. The number of aryl methyl sites for hydroxylation is 4. The summed E-state index contributed by atoms with van der Waals surface area (Å²) in [6.07, 6.45) is 4.66. The van der Waals surface area contributed by atoms with E-state index in [0.29, 0.717) is 0 Å². The fourth-order valence-electron chi connectivity index (χ4n) is 7.50. The number of hydrogen-bond donors (Lipinski definition) is 0. The van der Waals surface area contributed by atoms with Crippen molar-refractivity contribution in [3.63, 3.8) is 0 Å². The van der Waals surface area contributed by atoms with Crippen molar-refractivity contribution >= 4 is 51.1 Å². The van der Waals surface area contributed by atoms with Gasteiger partial charge in [-0.2, -0.15) is 0 Å². The monoisotopic (exact) mass is 707 g/mol. The molecule has 0 aromatic heterocycles. The quantitative estimate of drug-likeness (QED) is 0.135. The smallest absolute Gasteiger partial charge is 0.0540 e. The van der Waals surface area contributed by atoms with Crippen molar-refractivity contribution in [1.29, 1.82) is 0 Å². The van der Waals surface area contributed by atoms with Crippen molar-refractivity contribution in [3.05, 3.63) is 244 Å². The molecule has 0 unspecified atom stereocenters. The average molecular weight is 708 g/mol. The van der Waals surface area contributed by atoms with Gasteiger partial charge in [-0.25, -0.2) is 0 Å². The van der Waals surface area contributed by atoms with Crippen LogP contribution >= 0.6 is 0 Å².